The lowest BCUT2D eigenvalue weighted by atomic mass is 10.0. The fourth-order valence-electron chi connectivity index (χ4n) is 4.83. The summed E-state index contributed by atoms with van der Waals surface area (Å²) in [5.74, 6) is 0.300. The number of pyridine rings is 1. The highest BCUT2D eigenvalue weighted by Gasteiger charge is 2.29. The molecular formula is C29H33N7O3. The Kier molecular flexibility index (Phi) is 8.26. The molecule has 0 bridgehead atoms. The molecule has 3 aromatic rings. The minimum Gasteiger partial charge on any atom is -0.445 e. The van der Waals surface area contributed by atoms with E-state index in [4.69, 9.17) is 19.9 Å². The number of nitrogens with one attached hydrogen (secondary N) is 4. The smallest absolute Gasteiger partial charge is 0.264 e. The van der Waals surface area contributed by atoms with Crippen molar-refractivity contribution in [1.29, 1.82) is 5.41 Å². The first-order valence-corrected chi connectivity index (χ1v) is 13.0. The number of piperidine rings is 1. The molecule has 1 aromatic heterocycles. The van der Waals surface area contributed by atoms with E-state index in [1.165, 1.54) is 0 Å². The van der Waals surface area contributed by atoms with Gasteiger partial charge in [-0.2, -0.15) is 0 Å². The van der Waals surface area contributed by atoms with E-state index in [0.717, 1.165) is 37.1 Å². The maximum absolute atomic E-state index is 13.2. The summed E-state index contributed by atoms with van der Waals surface area (Å²) in [7, 11) is 3.43. The van der Waals surface area contributed by atoms with Gasteiger partial charge in [-0.05, 0) is 38.1 Å². The number of ether oxygens (including phenoxy) is 2. The SMILES string of the molecule is CNC(NC1N=C(c2ccccc2)c2ccccc2NC1=O)OC(=N)c1cccnc1N1CCC(OC)CC1. The molecule has 0 spiro atoms. The van der Waals surface area contributed by atoms with E-state index >= 15 is 0 Å². The van der Waals surface area contributed by atoms with E-state index in [1.54, 1.807) is 26.4 Å². The van der Waals surface area contributed by atoms with Crippen LogP contribution in [0, 0.1) is 5.41 Å². The minimum absolute atomic E-state index is 0.0663. The summed E-state index contributed by atoms with van der Waals surface area (Å²) in [6.45, 7) is 1.56. The van der Waals surface area contributed by atoms with Crippen molar-refractivity contribution < 1.29 is 14.3 Å². The molecule has 5 rings (SSSR count). The molecule has 1 saturated heterocycles. The van der Waals surface area contributed by atoms with Crippen molar-refractivity contribution in [2.45, 2.75) is 31.5 Å². The molecule has 202 valence electrons. The Morgan fingerprint density at radius 3 is 2.56 bits per heavy atom. The lowest BCUT2D eigenvalue weighted by Gasteiger charge is -2.33. The minimum atomic E-state index is -0.973. The van der Waals surface area contributed by atoms with Crippen LogP contribution in [-0.2, 0) is 14.3 Å². The number of anilines is 2. The molecule has 10 nitrogen and oxygen atoms in total. The quantitative estimate of drug-likeness (QED) is 0.202. The van der Waals surface area contributed by atoms with Crippen LogP contribution in [0.5, 0.6) is 0 Å². The van der Waals surface area contributed by atoms with Gasteiger partial charge in [-0.15, -0.1) is 0 Å². The highest BCUT2D eigenvalue weighted by atomic mass is 16.5. The fourth-order valence-corrected chi connectivity index (χ4v) is 4.83. The Bertz CT molecular complexity index is 1340. The van der Waals surface area contributed by atoms with Gasteiger partial charge in [-0.3, -0.25) is 20.5 Å². The summed E-state index contributed by atoms with van der Waals surface area (Å²) in [5.41, 5.74) is 3.65. The van der Waals surface area contributed by atoms with E-state index in [-0.39, 0.29) is 17.9 Å². The topological polar surface area (TPSA) is 124 Å². The van der Waals surface area contributed by atoms with Gasteiger partial charge in [0.1, 0.15) is 5.82 Å². The maximum Gasteiger partial charge on any atom is 0.264 e. The molecule has 1 amide bonds. The number of aromatic nitrogens is 1. The molecule has 0 radical (unpaired) electrons. The van der Waals surface area contributed by atoms with Crippen LogP contribution >= 0.6 is 0 Å². The third kappa shape index (κ3) is 5.98. The number of carbonyl (C=O) groups is 1. The molecule has 2 aromatic carbocycles. The van der Waals surface area contributed by atoms with Crippen molar-refractivity contribution in [3.63, 3.8) is 0 Å². The zero-order valence-corrected chi connectivity index (χ0v) is 22.1. The Balaban J connectivity index is 1.36. The molecule has 3 heterocycles. The van der Waals surface area contributed by atoms with Crippen LogP contribution in [0.4, 0.5) is 11.5 Å². The van der Waals surface area contributed by atoms with Crippen molar-refractivity contribution in [3.05, 3.63) is 89.6 Å². The number of nitrogens with zero attached hydrogens (tertiary/aromatic N) is 3. The summed E-state index contributed by atoms with van der Waals surface area (Å²) in [6, 6.07) is 20.9. The van der Waals surface area contributed by atoms with Crippen molar-refractivity contribution in [2.24, 2.45) is 4.99 Å². The number of amides is 1. The number of benzodiazepines with no additional fused rings is 1. The lowest BCUT2D eigenvalue weighted by Crippen LogP contribution is -2.52. The molecule has 2 aliphatic rings. The highest BCUT2D eigenvalue weighted by Crippen LogP contribution is 2.25. The Labute approximate surface area is 228 Å². The van der Waals surface area contributed by atoms with Crippen molar-refractivity contribution >= 4 is 29.0 Å². The molecule has 4 N–H and O–H groups in total. The second-order valence-electron chi connectivity index (χ2n) is 9.36. The zero-order valence-electron chi connectivity index (χ0n) is 22.1. The molecule has 1 fully saturated rings. The number of rotatable bonds is 8. The molecule has 2 aliphatic heterocycles. The summed E-state index contributed by atoms with van der Waals surface area (Å²) < 4.78 is 11.5. The van der Waals surface area contributed by atoms with Crippen molar-refractivity contribution in [3.8, 4) is 0 Å². The zero-order chi connectivity index (χ0) is 27.2. The Morgan fingerprint density at radius 1 is 1.08 bits per heavy atom. The number of methoxy groups -OCH3 is 1. The van der Waals surface area contributed by atoms with Gasteiger partial charge in [0.05, 0.1) is 23.1 Å². The molecule has 0 saturated carbocycles. The molecule has 0 aliphatic carbocycles. The van der Waals surface area contributed by atoms with Gasteiger partial charge in [-0.25, -0.2) is 10.3 Å². The van der Waals surface area contributed by atoms with Crippen LogP contribution < -0.4 is 20.9 Å². The average Bonchev–Trinajstić information content (AvgIpc) is 3.13. The van der Waals surface area contributed by atoms with E-state index < -0.39 is 12.5 Å². The van der Waals surface area contributed by atoms with Gasteiger partial charge in [0.2, 0.25) is 12.2 Å². The number of hydrogen-bond acceptors (Lipinski definition) is 9. The third-order valence-electron chi connectivity index (χ3n) is 6.91. The van der Waals surface area contributed by atoms with Gasteiger partial charge < -0.3 is 19.7 Å². The second kappa shape index (κ2) is 12.2. The number of hydrogen-bond donors (Lipinski definition) is 4. The van der Waals surface area contributed by atoms with Crippen LogP contribution in [0.15, 0.2) is 77.9 Å². The Morgan fingerprint density at radius 2 is 1.82 bits per heavy atom. The molecule has 2 atom stereocenters. The van der Waals surface area contributed by atoms with Crippen LogP contribution in [0.25, 0.3) is 0 Å². The first-order chi connectivity index (χ1) is 19.1. The summed E-state index contributed by atoms with van der Waals surface area (Å²) in [4.78, 5) is 24.7. The molecule has 10 heteroatoms. The van der Waals surface area contributed by atoms with E-state index in [0.29, 0.717) is 22.8 Å². The van der Waals surface area contributed by atoms with Crippen LogP contribution in [-0.4, -0.2) is 68.4 Å². The fraction of sp³-hybridized carbons (Fsp3) is 0.310. The average molecular weight is 528 g/mol. The largest absolute Gasteiger partial charge is 0.445 e. The normalized spacial score (nSPS) is 18.4. The number of benzene rings is 2. The predicted molar refractivity (Wildman–Crippen MR) is 151 cm³/mol. The van der Waals surface area contributed by atoms with Gasteiger partial charge in [0.15, 0.2) is 6.17 Å². The number of para-hydroxylation sites is 1. The highest BCUT2D eigenvalue weighted by molar-refractivity contribution is 6.19. The number of carbonyl (C=O) groups excluding carboxylic acids is 1. The van der Waals surface area contributed by atoms with Crippen molar-refractivity contribution in [1.82, 2.24) is 15.6 Å². The summed E-state index contributed by atoms with van der Waals surface area (Å²) in [5, 5.41) is 17.9. The standard InChI is InChI=1S/C29H33N7O3/c1-31-29(39-25(30)22-12-8-16-32-27(22)36-17-14-20(38-2)15-18-36)35-26-28(37)33-23-13-7-6-11-21(23)24(34-26)19-9-4-3-5-10-19/h3-13,16,20,26,29-31,35H,14-15,17-18H2,1-2H3,(H,33,37). The predicted octanol–water partition coefficient (Wildman–Crippen LogP) is 2.95. The monoisotopic (exact) mass is 527 g/mol. The number of aliphatic imine (C=N–C) groups is 1. The molecule has 2 unspecified atom stereocenters. The molecular weight excluding hydrogens is 494 g/mol. The van der Waals surface area contributed by atoms with E-state index in [9.17, 15) is 4.79 Å². The van der Waals surface area contributed by atoms with Crippen molar-refractivity contribution in [2.75, 3.05) is 37.5 Å². The third-order valence-corrected chi connectivity index (χ3v) is 6.91. The maximum atomic E-state index is 13.2. The van der Waals surface area contributed by atoms with Crippen LogP contribution in [0.2, 0.25) is 0 Å². The number of fused-ring (bicyclic) bond motifs is 1. The van der Waals surface area contributed by atoms with Crippen LogP contribution in [0.3, 0.4) is 0 Å². The van der Waals surface area contributed by atoms with Crippen LogP contribution in [0.1, 0.15) is 29.5 Å². The summed E-state index contributed by atoms with van der Waals surface area (Å²) >= 11 is 0. The molecule has 39 heavy (non-hydrogen) atoms. The first kappa shape index (κ1) is 26.5. The second-order valence-corrected chi connectivity index (χ2v) is 9.36. The van der Waals surface area contributed by atoms with E-state index in [2.05, 4.69) is 25.8 Å². The lowest BCUT2D eigenvalue weighted by molar-refractivity contribution is -0.118. The first-order valence-electron chi connectivity index (χ1n) is 13.0. The summed E-state index contributed by atoms with van der Waals surface area (Å²) in [6.07, 6.45) is 1.89. The van der Waals surface area contributed by atoms with Gasteiger partial charge in [0.25, 0.3) is 5.91 Å². The van der Waals surface area contributed by atoms with Gasteiger partial charge in [0, 0.05) is 37.5 Å². The van der Waals surface area contributed by atoms with E-state index in [1.807, 2.05) is 60.7 Å². The van der Waals surface area contributed by atoms with Gasteiger partial charge in [-0.1, -0.05) is 48.5 Å². The Hall–Kier alpha value is -4.12. The van der Waals surface area contributed by atoms with Gasteiger partial charge >= 0.3 is 0 Å².